The lowest BCUT2D eigenvalue weighted by Gasteiger charge is -2.27. The van der Waals surface area contributed by atoms with E-state index in [1.807, 2.05) is 0 Å². The first-order chi connectivity index (χ1) is 6.61. The van der Waals surface area contributed by atoms with Crippen molar-refractivity contribution in [1.29, 1.82) is 0 Å². The van der Waals surface area contributed by atoms with E-state index in [-0.39, 0.29) is 18.3 Å². The average Bonchev–Trinajstić information content (AvgIpc) is 2.18. The number of rotatable bonds is 3. The zero-order valence-electron chi connectivity index (χ0n) is 9.44. The smallest absolute Gasteiger partial charge is 0.238 e. The summed E-state index contributed by atoms with van der Waals surface area (Å²) < 4.78 is 5.35. The van der Waals surface area contributed by atoms with Crippen LogP contribution in [-0.4, -0.2) is 43.7 Å². The molecule has 1 heterocycles. The number of carbonyl (C=O) groups excluding carboxylic acids is 1. The summed E-state index contributed by atoms with van der Waals surface area (Å²) >= 11 is 0. The van der Waals surface area contributed by atoms with Crippen molar-refractivity contribution >= 4 is 18.3 Å². The second-order valence-corrected chi connectivity index (χ2v) is 4.09. The quantitative estimate of drug-likeness (QED) is 0.783. The molecule has 0 saturated carbocycles. The summed E-state index contributed by atoms with van der Waals surface area (Å²) in [5.41, 5.74) is 5.52. The highest BCUT2D eigenvalue weighted by Crippen LogP contribution is 2.14. The summed E-state index contributed by atoms with van der Waals surface area (Å²) in [4.78, 5) is 13.2. The largest absolute Gasteiger partial charge is 0.381 e. The second-order valence-electron chi connectivity index (χ2n) is 4.09. The number of likely N-dealkylation sites (N-methyl/N-ethyl adjacent to an activating group) is 1. The number of ether oxygens (including phenoxy) is 1. The normalized spacial score (nSPS) is 22.7. The van der Waals surface area contributed by atoms with E-state index in [4.69, 9.17) is 10.5 Å². The molecule has 1 saturated heterocycles. The lowest BCUT2D eigenvalue weighted by Crippen LogP contribution is -2.43. The molecule has 5 heteroatoms. The molecule has 0 aromatic rings. The third-order valence-corrected chi connectivity index (χ3v) is 2.55. The Morgan fingerprint density at radius 3 is 2.80 bits per heavy atom. The monoisotopic (exact) mass is 236 g/mol. The van der Waals surface area contributed by atoms with E-state index in [2.05, 4.69) is 0 Å². The Bertz CT molecular complexity index is 194. The van der Waals surface area contributed by atoms with Gasteiger partial charge in [-0.3, -0.25) is 4.79 Å². The molecule has 15 heavy (non-hydrogen) atoms. The highest BCUT2D eigenvalue weighted by atomic mass is 35.5. The van der Waals surface area contributed by atoms with Crippen molar-refractivity contribution in [2.45, 2.75) is 25.8 Å². The predicted molar refractivity (Wildman–Crippen MR) is 62.1 cm³/mol. The van der Waals surface area contributed by atoms with E-state index >= 15 is 0 Å². The Labute approximate surface area is 97.5 Å². The summed E-state index contributed by atoms with van der Waals surface area (Å²) in [6.07, 6.45) is 2.25. The summed E-state index contributed by atoms with van der Waals surface area (Å²) in [5.74, 6) is 0.493. The van der Waals surface area contributed by atoms with Gasteiger partial charge in [0.1, 0.15) is 0 Å². The maximum absolute atomic E-state index is 11.5. The van der Waals surface area contributed by atoms with Gasteiger partial charge in [-0.25, -0.2) is 0 Å². The van der Waals surface area contributed by atoms with Crippen LogP contribution in [0.4, 0.5) is 0 Å². The van der Waals surface area contributed by atoms with Crippen LogP contribution in [0.3, 0.4) is 0 Å². The van der Waals surface area contributed by atoms with Crippen molar-refractivity contribution in [2.24, 2.45) is 11.7 Å². The Hall–Kier alpha value is -0.320. The highest BCUT2D eigenvalue weighted by molar-refractivity contribution is 5.85. The minimum absolute atomic E-state index is 0. The maximum atomic E-state index is 11.5. The van der Waals surface area contributed by atoms with E-state index < -0.39 is 6.04 Å². The van der Waals surface area contributed by atoms with Gasteiger partial charge < -0.3 is 15.4 Å². The van der Waals surface area contributed by atoms with Crippen LogP contribution in [0.1, 0.15) is 19.8 Å². The predicted octanol–water partition coefficient (Wildman–Crippen LogP) is 0.640. The minimum atomic E-state index is -0.399. The minimum Gasteiger partial charge on any atom is -0.381 e. The number of amides is 1. The topological polar surface area (TPSA) is 55.6 Å². The molecule has 1 amide bonds. The van der Waals surface area contributed by atoms with Crippen LogP contribution in [0.25, 0.3) is 0 Å². The molecule has 1 aliphatic rings. The molecule has 1 rings (SSSR count). The van der Waals surface area contributed by atoms with Gasteiger partial charge >= 0.3 is 0 Å². The SMILES string of the molecule is C[C@@H](N)C(=O)N(C)CC1CCCOC1.Cl. The van der Waals surface area contributed by atoms with Crippen LogP contribution in [0.2, 0.25) is 0 Å². The fourth-order valence-corrected chi connectivity index (χ4v) is 1.78. The van der Waals surface area contributed by atoms with Crippen LogP contribution in [0, 0.1) is 5.92 Å². The molecule has 0 aromatic heterocycles. The molecule has 2 N–H and O–H groups in total. The van der Waals surface area contributed by atoms with Crippen molar-refractivity contribution in [3.63, 3.8) is 0 Å². The Morgan fingerprint density at radius 1 is 1.67 bits per heavy atom. The van der Waals surface area contributed by atoms with Crippen LogP contribution < -0.4 is 5.73 Å². The summed E-state index contributed by atoms with van der Waals surface area (Å²) in [7, 11) is 1.81. The lowest BCUT2D eigenvalue weighted by molar-refractivity contribution is -0.132. The molecule has 0 radical (unpaired) electrons. The number of carbonyl (C=O) groups is 1. The van der Waals surface area contributed by atoms with Gasteiger partial charge in [-0.15, -0.1) is 12.4 Å². The number of hydrogen-bond donors (Lipinski definition) is 1. The molecule has 2 atom stereocenters. The van der Waals surface area contributed by atoms with Crippen molar-refractivity contribution in [3.8, 4) is 0 Å². The Kier molecular flexibility index (Phi) is 6.89. The number of nitrogens with zero attached hydrogens (tertiary/aromatic N) is 1. The summed E-state index contributed by atoms with van der Waals surface area (Å²) in [6.45, 7) is 4.12. The molecule has 0 bridgehead atoms. The number of halogens is 1. The van der Waals surface area contributed by atoms with E-state index in [1.165, 1.54) is 0 Å². The van der Waals surface area contributed by atoms with Gasteiger partial charge in [0, 0.05) is 20.2 Å². The Balaban J connectivity index is 0.00000196. The van der Waals surface area contributed by atoms with Crippen LogP contribution in [0.15, 0.2) is 0 Å². The van der Waals surface area contributed by atoms with E-state index in [0.717, 1.165) is 32.6 Å². The molecule has 1 fully saturated rings. The molecule has 1 aliphatic heterocycles. The van der Waals surface area contributed by atoms with E-state index in [0.29, 0.717) is 5.92 Å². The highest BCUT2D eigenvalue weighted by Gasteiger charge is 2.20. The van der Waals surface area contributed by atoms with Gasteiger partial charge in [0.15, 0.2) is 0 Å². The number of nitrogens with two attached hydrogens (primary N) is 1. The third kappa shape index (κ3) is 4.82. The van der Waals surface area contributed by atoms with Crippen molar-refractivity contribution in [3.05, 3.63) is 0 Å². The summed E-state index contributed by atoms with van der Waals surface area (Å²) in [6, 6.07) is -0.399. The standard InChI is InChI=1S/C10H20N2O2.ClH/c1-8(11)10(13)12(2)6-9-4-3-5-14-7-9;/h8-9H,3-7,11H2,1-2H3;1H/t8-,9?;/m1./s1. The van der Waals surface area contributed by atoms with Crippen LogP contribution >= 0.6 is 12.4 Å². The zero-order valence-corrected chi connectivity index (χ0v) is 10.3. The van der Waals surface area contributed by atoms with Crippen molar-refractivity contribution in [1.82, 2.24) is 4.90 Å². The third-order valence-electron chi connectivity index (χ3n) is 2.55. The molecule has 0 spiro atoms. The van der Waals surface area contributed by atoms with Gasteiger partial charge in [-0.2, -0.15) is 0 Å². The van der Waals surface area contributed by atoms with Gasteiger partial charge in [-0.1, -0.05) is 0 Å². The van der Waals surface area contributed by atoms with Gasteiger partial charge in [-0.05, 0) is 25.7 Å². The maximum Gasteiger partial charge on any atom is 0.238 e. The fourth-order valence-electron chi connectivity index (χ4n) is 1.78. The molecule has 4 nitrogen and oxygen atoms in total. The lowest BCUT2D eigenvalue weighted by atomic mass is 10.0. The van der Waals surface area contributed by atoms with Crippen molar-refractivity contribution < 1.29 is 9.53 Å². The molecule has 0 aromatic carbocycles. The summed E-state index contributed by atoms with van der Waals surface area (Å²) in [5, 5.41) is 0. The first-order valence-electron chi connectivity index (χ1n) is 5.19. The van der Waals surface area contributed by atoms with Gasteiger partial charge in [0.05, 0.1) is 12.6 Å². The van der Waals surface area contributed by atoms with Crippen LogP contribution in [-0.2, 0) is 9.53 Å². The number of hydrogen-bond acceptors (Lipinski definition) is 3. The van der Waals surface area contributed by atoms with Gasteiger partial charge in [0.2, 0.25) is 5.91 Å². The fraction of sp³-hybridized carbons (Fsp3) is 0.900. The molecule has 0 aliphatic carbocycles. The first-order valence-corrected chi connectivity index (χ1v) is 5.19. The van der Waals surface area contributed by atoms with Crippen molar-refractivity contribution in [2.75, 3.05) is 26.8 Å². The molecular weight excluding hydrogens is 216 g/mol. The van der Waals surface area contributed by atoms with Crippen LogP contribution in [0.5, 0.6) is 0 Å². The molecular formula is C10H21ClN2O2. The Morgan fingerprint density at radius 2 is 2.33 bits per heavy atom. The van der Waals surface area contributed by atoms with E-state index in [9.17, 15) is 4.79 Å². The first kappa shape index (κ1) is 14.7. The van der Waals surface area contributed by atoms with E-state index in [1.54, 1.807) is 18.9 Å². The molecule has 90 valence electrons. The second kappa shape index (κ2) is 7.04. The molecule has 1 unspecified atom stereocenters. The zero-order chi connectivity index (χ0) is 10.6. The average molecular weight is 237 g/mol. The van der Waals surface area contributed by atoms with Gasteiger partial charge in [0.25, 0.3) is 0 Å².